The van der Waals surface area contributed by atoms with E-state index in [1.54, 1.807) is 18.4 Å². The topological polar surface area (TPSA) is 50.4 Å². The summed E-state index contributed by atoms with van der Waals surface area (Å²) < 4.78 is 5.98. The van der Waals surface area contributed by atoms with Crippen LogP contribution in [-0.2, 0) is 16.0 Å². The third-order valence-corrected chi connectivity index (χ3v) is 3.77. The van der Waals surface area contributed by atoms with Gasteiger partial charge in [-0.05, 0) is 34.5 Å². The van der Waals surface area contributed by atoms with Crippen LogP contribution in [0.1, 0.15) is 4.88 Å². The van der Waals surface area contributed by atoms with Crippen LogP contribution in [0, 0.1) is 0 Å². The van der Waals surface area contributed by atoms with Gasteiger partial charge in [0.05, 0.1) is 16.9 Å². The van der Waals surface area contributed by atoms with Gasteiger partial charge in [0, 0.05) is 25.1 Å². The molecule has 17 heavy (non-hydrogen) atoms. The number of carbonyl (C=O) groups is 1. The van der Waals surface area contributed by atoms with E-state index < -0.39 is 0 Å². The van der Waals surface area contributed by atoms with Crippen LogP contribution < -0.4 is 10.6 Å². The van der Waals surface area contributed by atoms with Crippen LogP contribution in [0.15, 0.2) is 15.9 Å². The Labute approximate surface area is 114 Å². The molecule has 1 rings (SSSR count). The molecule has 0 saturated carbocycles. The van der Waals surface area contributed by atoms with E-state index >= 15 is 0 Å². The zero-order chi connectivity index (χ0) is 12.5. The van der Waals surface area contributed by atoms with E-state index in [1.807, 2.05) is 6.07 Å². The van der Waals surface area contributed by atoms with Gasteiger partial charge in [-0.1, -0.05) is 0 Å². The standard InChI is InChI=1S/C11H17BrN2O2S/c1-16-7-6-14-11(15)8-13-5-4-9-2-3-10(12)17-9/h2-3,13H,4-8H2,1H3,(H,14,15). The number of nitrogens with one attached hydrogen (secondary N) is 2. The molecule has 6 heteroatoms. The molecule has 0 aliphatic rings. The van der Waals surface area contributed by atoms with Crippen molar-refractivity contribution < 1.29 is 9.53 Å². The molecule has 1 amide bonds. The molecule has 1 aromatic rings. The maximum Gasteiger partial charge on any atom is 0.234 e. The van der Waals surface area contributed by atoms with Crippen LogP contribution in [0.25, 0.3) is 0 Å². The molecule has 0 aliphatic heterocycles. The molecule has 1 heterocycles. The van der Waals surface area contributed by atoms with Crippen molar-refractivity contribution in [1.82, 2.24) is 10.6 Å². The fraction of sp³-hybridized carbons (Fsp3) is 0.545. The Morgan fingerprint density at radius 1 is 1.47 bits per heavy atom. The molecule has 0 bridgehead atoms. The van der Waals surface area contributed by atoms with Crippen molar-refractivity contribution >= 4 is 33.2 Å². The van der Waals surface area contributed by atoms with Crippen LogP contribution in [-0.4, -0.2) is 39.3 Å². The van der Waals surface area contributed by atoms with Gasteiger partial charge in [0.1, 0.15) is 0 Å². The predicted octanol–water partition coefficient (Wildman–Crippen LogP) is 1.41. The lowest BCUT2D eigenvalue weighted by atomic mass is 10.3. The van der Waals surface area contributed by atoms with Crippen molar-refractivity contribution in [3.8, 4) is 0 Å². The van der Waals surface area contributed by atoms with Gasteiger partial charge in [-0.3, -0.25) is 4.79 Å². The first-order valence-corrected chi connectivity index (χ1v) is 7.04. The Bertz CT molecular complexity index is 344. The van der Waals surface area contributed by atoms with E-state index in [0.717, 1.165) is 16.8 Å². The first kappa shape index (κ1) is 14.6. The number of amides is 1. The Hall–Kier alpha value is -0.430. The van der Waals surface area contributed by atoms with Gasteiger partial charge in [0.25, 0.3) is 0 Å². The molecule has 2 N–H and O–H groups in total. The second-order valence-corrected chi connectivity index (χ2v) is 6.02. The van der Waals surface area contributed by atoms with E-state index in [1.165, 1.54) is 4.88 Å². The number of halogens is 1. The Kier molecular flexibility index (Phi) is 7.43. The van der Waals surface area contributed by atoms with Gasteiger partial charge >= 0.3 is 0 Å². The minimum Gasteiger partial charge on any atom is -0.383 e. The smallest absolute Gasteiger partial charge is 0.234 e. The molecule has 4 nitrogen and oxygen atoms in total. The van der Waals surface area contributed by atoms with Gasteiger partial charge in [-0.2, -0.15) is 0 Å². The van der Waals surface area contributed by atoms with Crippen LogP contribution >= 0.6 is 27.3 Å². The SMILES string of the molecule is COCCNC(=O)CNCCc1ccc(Br)s1. The van der Waals surface area contributed by atoms with Crippen LogP contribution in [0.2, 0.25) is 0 Å². The monoisotopic (exact) mass is 320 g/mol. The largest absolute Gasteiger partial charge is 0.383 e. The summed E-state index contributed by atoms with van der Waals surface area (Å²) in [7, 11) is 1.61. The van der Waals surface area contributed by atoms with E-state index in [4.69, 9.17) is 4.74 Å². The predicted molar refractivity (Wildman–Crippen MR) is 73.5 cm³/mol. The maximum absolute atomic E-state index is 11.3. The third kappa shape index (κ3) is 6.78. The molecular weight excluding hydrogens is 304 g/mol. The van der Waals surface area contributed by atoms with Crippen molar-refractivity contribution in [3.05, 3.63) is 20.8 Å². The fourth-order valence-electron chi connectivity index (χ4n) is 1.25. The second-order valence-electron chi connectivity index (χ2n) is 3.48. The van der Waals surface area contributed by atoms with Gasteiger partial charge in [-0.25, -0.2) is 0 Å². The first-order chi connectivity index (χ1) is 8.22. The highest BCUT2D eigenvalue weighted by atomic mass is 79.9. The molecule has 0 radical (unpaired) electrons. The Morgan fingerprint density at radius 3 is 2.94 bits per heavy atom. The average molecular weight is 321 g/mol. The summed E-state index contributed by atoms with van der Waals surface area (Å²) in [4.78, 5) is 12.6. The zero-order valence-electron chi connectivity index (χ0n) is 9.79. The normalized spacial score (nSPS) is 10.5. The maximum atomic E-state index is 11.3. The van der Waals surface area contributed by atoms with Crippen molar-refractivity contribution in [1.29, 1.82) is 0 Å². The number of methoxy groups -OCH3 is 1. The highest BCUT2D eigenvalue weighted by Gasteiger charge is 2.00. The summed E-state index contributed by atoms with van der Waals surface area (Å²) in [5.74, 6) is 0.00871. The minimum atomic E-state index is 0.00871. The summed E-state index contributed by atoms with van der Waals surface area (Å²) in [6.07, 6.45) is 0.946. The molecule has 0 aliphatic carbocycles. The quantitative estimate of drug-likeness (QED) is 0.712. The van der Waals surface area contributed by atoms with Crippen molar-refractivity contribution in [3.63, 3.8) is 0 Å². The average Bonchev–Trinajstić information content (AvgIpc) is 2.71. The van der Waals surface area contributed by atoms with Crippen LogP contribution in [0.4, 0.5) is 0 Å². The number of ether oxygens (including phenoxy) is 1. The molecular formula is C11H17BrN2O2S. The summed E-state index contributed by atoms with van der Waals surface area (Å²) in [6, 6.07) is 4.13. The van der Waals surface area contributed by atoms with Gasteiger partial charge in [-0.15, -0.1) is 11.3 Å². The summed E-state index contributed by atoms with van der Waals surface area (Å²) in [5.41, 5.74) is 0. The molecule has 0 unspecified atom stereocenters. The van der Waals surface area contributed by atoms with Gasteiger partial charge < -0.3 is 15.4 Å². The summed E-state index contributed by atoms with van der Waals surface area (Å²) >= 11 is 5.14. The Balaban J connectivity index is 2.02. The van der Waals surface area contributed by atoms with E-state index in [-0.39, 0.29) is 5.91 Å². The fourth-order valence-corrected chi connectivity index (χ4v) is 2.74. The number of thiophene rings is 1. The minimum absolute atomic E-state index is 0.00871. The van der Waals surface area contributed by atoms with E-state index in [2.05, 4.69) is 32.6 Å². The lowest BCUT2D eigenvalue weighted by molar-refractivity contribution is -0.120. The van der Waals surface area contributed by atoms with Crippen LogP contribution in [0.3, 0.4) is 0 Å². The van der Waals surface area contributed by atoms with Crippen molar-refractivity contribution in [2.24, 2.45) is 0 Å². The lowest BCUT2D eigenvalue weighted by Crippen LogP contribution is -2.36. The third-order valence-electron chi connectivity index (χ3n) is 2.09. The molecule has 0 spiro atoms. The lowest BCUT2D eigenvalue weighted by Gasteiger charge is -2.05. The zero-order valence-corrected chi connectivity index (χ0v) is 12.2. The Morgan fingerprint density at radius 2 is 2.29 bits per heavy atom. The summed E-state index contributed by atoms with van der Waals surface area (Å²) in [6.45, 7) is 2.28. The summed E-state index contributed by atoms with van der Waals surface area (Å²) in [5, 5.41) is 5.86. The number of rotatable bonds is 8. The highest BCUT2D eigenvalue weighted by molar-refractivity contribution is 9.11. The van der Waals surface area contributed by atoms with Crippen molar-refractivity contribution in [2.75, 3.05) is 33.4 Å². The van der Waals surface area contributed by atoms with Crippen molar-refractivity contribution in [2.45, 2.75) is 6.42 Å². The number of hydrogen-bond acceptors (Lipinski definition) is 4. The molecule has 0 saturated heterocycles. The first-order valence-electron chi connectivity index (χ1n) is 5.43. The number of hydrogen-bond donors (Lipinski definition) is 2. The molecule has 96 valence electrons. The van der Waals surface area contributed by atoms with Crippen LogP contribution in [0.5, 0.6) is 0 Å². The molecule has 1 aromatic heterocycles. The number of carbonyl (C=O) groups excluding carboxylic acids is 1. The van der Waals surface area contributed by atoms with Gasteiger partial charge in [0.15, 0.2) is 0 Å². The molecule has 0 fully saturated rings. The molecule has 0 aromatic carbocycles. The second kappa shape index (κ2) is 8.63. The highest BCUT2D eigenvalue weighted by Crippen LogP contribution is 2.21. The van der Waals surface area contributed by atoms with E-state index in [9.17, 15) is 4.79 Å². The molecule has 0 atom stereocenters. The van der Waals surface area contributed by atoms with E-state index in [0.29, 0.717) is 19.7 Å². The van der Waals surface area contributed by atoms with Gasteiger partial charge in [0.2, 0.25) is 5.91 Å².